The fourth-order valence-corrected chi connectivity index (χ4v) is 3.28. The van der Waals surface area contributed by atoms with Crippen molar-refractivity contribution < 1.29 is 0 Å². The van der Waals surface area contributed by atoms with Crippen LogP contribution >= 0.6 is 0 Å². The Balaban J connectivity index is 2.45. The smallest absolute Gasteiger partial charge is 0.00203 e. The van der Waals surface area contributed by atoms with Crippen LogP contribution < -0.4 is 5.73 Å². The molecule has 1 heteroatoms. The van der Waals surface area contributed by atoms with E-state index >= 15 is 0 Å². The summed E-state index contributed by atoms with van der Waals surface area (Å²) >= 11 is 0. The summed E-state index contributed by atoms with van der Waals surface area (Å²) in [6.45, 7) is 7.96. The van der Waals surface area contributed by atoms with Crippen LogP contribution in [0.5, 0.6) is 0 Å². The van der Waals surface area contributed by atoms with Crippen LogP contribution in [0.25, 0.3) is 0 Å². The van der Waals surface area contributed by atoms with Crippen molar-refractivity contribution in [2.45, 2.75) is 59.3 Å². The average molecular weight is 197 g/mol. The molecule has 0 heterocycles. The molecule has 0 spiro atoms. The van der Waals surface area contributed by atoms with Crippen molar-refractivity contribution in [1.82, 2.24) is 0 Å². The molecule has 1 rings (SSSR count). The van der Waals surface area contributed by atoms with Crippen molar-refractivity contribution in [3.63, 3.8) is 0 Å². The van der Waals surface area contributed by atoms with E-state index in [4.69, 9.17) is 5.73 Å². The molecule has 0 aromatic rings. The molecule has 1 nitrogen and oxygen atoms in total. The second-order valence-electron chi connectivity index (χ2n) is 5.65. The third kappa shape index (κ3) is 2.98. The fraction of sp³-hybridized carbons (Fsp3) is 1.00. The molecule has 1 aliphatic rings. The highest BCUT2D eigenvalue weighted by Gasteiger charge is 2.36. The highest BCUT2D eigenvalue weighted by atomic mass is 14.6. The Hall–Kier alpha value is -0.0400. The molecule has 0 aromatic carbocycles. The van der Waals surface area contributed by atoms with E-state index in [1.54, 1.807) is 0 Å². The lowest BCUT2D eigenvalue weighted by Crippen LogP contribution is -2.29. The highest BCUT2D eigenvalue weighted by molar-refractivity contribution is 4.89. The van der Waals surface area contributed by atoms with Crippen molar-refractivity contribution >= 4 is 0 Å². The monoisotopic (exact) mass is 197 g/mol. The summed E-state index contributed by atoms with van der Waals surface area (Å²) < 4.78 is 0. The van der Waals surface area contributed by atoms with Crippen molar-refractivity contribution in [3.05, 3.63) is 0 Å². The van der Waals surface area contributed by atoms with Gasteiger partial charge in [0.1, 0.15) is 0 Å². The van der Waals surface area contributed by atoms with E-state index in [1.165, 1.54) is 38.5 Å². The molecule has 0 amide bonds. The first-order chi connectivity index (χ1) is 6.62. The Kier molecular flexibility index (Phi) is 4.43. The lowest BCUT2D eigenvalue weighted by molar-refractivity contribution is 0.223. The average Bonchev–Trinajstić information content (AvgIpc) is 2.48. The molecule has 2 N–H and O–H groups in total. The minimum Gasteiger partial charge on any atom is -0.330 e. The minimum absolute atomic E-state index is 0.508. The maximum absolute atomic E-state index is 5.98. The third-order valence-corrected chi connectivity index (χ3v) is 3.94. The van der Waals surface area contributed by atoms with Gasteiger partial charge in [-0.1, -0.05) is 40.0 Å². The predicted octanol–water partition coefficient (Wildman–Crippen LogP) is 3.58. The highest BCUT2D eigenvalue weighted by Crippen LogP contribution is 2.45. The van der Waals surface area contributed by atoms with E-state index < -0.39 is 0 Å². The first-order valence-corrected chi connectivity index (χ1v) is 6.32. The van der Waals surface area contributed by atoms with Gasteiger partial charge in [-0.05, 0) is 43.1 Å². The van der Waals surface area contributed by atoms with Gasteiger partial charge in [0.25, 0.3) is 0 Å². The zero-order valence-electron chi connectivity index (χ0n) is 10.2. The molecule has 3 unspecified atom stereocenters. The molecule has 1 fully saturated rings. The quantitative estimate of drug-likeness (QED) is 0.716. The van der Waals surface area contributed by atoms with Crippen LogP contribution in [-0.2, 0) is 0 Å². The summed E-state index contributed by atoms with van der Waals surface area (Å²) in [5.41, 5.74) is 6.48. The molecule has 1 aliphatic carbocycles. The summed E-state index contributed by atoms with van der Waals surface area (Å²) in [6, 6.07) is 0. The van der Waals surface area contributed by atoms with Crippen LogP contribution in [0.4, 0.5) is 0 Å². The van der Waals surface area contributed by atoms with Crippen LogP contribution in [0.1, 0.15) is 59.3 Å². The van der Waals surface area contributed by atoms with Crippen molar-refractivity contribution in [2.24, 2.45) is 23.0 Å². The van der Waals surface area contributed by atoms with Crippen molar-refractivity contribution in [3.8, 4) is 0 Å². The standard InChI is InChI=1S/C13H27N/c1-4-5-11(2)8-13(10-14)7-6-12(3)9-13/h11-12H,4-10,14H2,1-3H3. The Morgan fingerprint density at radius 1 is 1.50 bits per heavy atom. The van der Waals surface area contributed by atoms with Crippen LogP contribution in [-0.4, -0.2) is 6.54 Å². The van der Waals surface area contributed by atoms with Gasteiger partial charge in [-0.2, -0.15) is 0 Å². The minimum atomic E-state index is 0.508. The number of hydrogen-bond acceptors (Lipinski definition) is 1. The van der Waals surface area contributed by atoms with Gasteiger partial charge in [-0.25, -0.2) is 0 Å². The van der Waals surface area contributed by atoms with E-state index in [0.29, 0.717) is 5.41 Å². The molecule has 3 atom stereocenters. The normalized spacial score (nSPS) is 34.7. The molecule has 0 aromatic heterocycles. The molecule has 84 valence electrons. The number of nitrogens with two attached hydrogens (primary N) is 1. The lowest BCUT2D eigenvalue weighted by Gasteiger charge is -2.30. The SMILES string of the molecule is CCCC(C)CC1(CN)CCC(C)C1. The second kappa shape index (κ2) is 5.16. The van der Waals surface area contributed by atoms with E-state index in [-0.39, 0.29) is 0 Å². The first-order valence-electron chi connectivity index (χ1n) is 6.32. The van der Waals surface area contributed by atoms with Gasteiger partial charge < -0.3 is 5.73 Å². The lowest BCUT2D eigenvalue weighted by atomic mass is 9.76. The van der Waals surface area contributed by atoms with Gasteiger partial charge in [0.2, 0.25) is 0 Å². The summed E-state index contributed by atoms with van der Waals surface area (Å²) in [5, 5.41) is 0. The Morgan fingerprint density at radius 2 is 2.21 bits per heavy atom. The number of hydrogen-bond donors (Lipinski definition) is 1. The van der Waals surface area contributed by atoms with E-state index in [2.05, 4.69) is 20.8 Å². The Bertz CT molecular complexity index is 167. The largest absolute Gasteiger partial charge is 0.330 e. The van der Waals surface area contributed by atoms with Crippen LogP contribution in [0, 0.1) is 17.3 Å². The molecular formula is C13H27N. The predicted molar refractivity (Wildman–Crippen MR) is 63.2 cm³/mol. The van der Waals surface area contributed by atoms with Crippen molar-refractivity contribution in [1.29, 1.82) is 0 Å². The molecule has 1 saturated carbocycles. The Labute approximate surface area is 89.5 Å². The zero-order chi connectivity index (χ0) is 10.6. The van der Waals surface area contributed by atoms with Gasteiger partial charge in [0.05, 0.1) is 0 Å². The van der Waals surface area contributed by atoms with E-state index in [9.17, 15) is 0 Å². The second-order valence-corrected chi connectivity index (χ2v) is 5.65. The van der Waals surface area contributed by atoms with Gasteiger partial charge in [-0.15, -0.1) is 0 Å². The maximum atomic E-state index is 5.98. The fourth-order valence-electron chi connectivity index (χ4n) is 3.28. The van der Waals surface area contributed by atoms with E-state index in [1.807, 2.05) is 0 Å². The zero-order valence-corrected chi connectivity index (χ0v) is 10.2. The van der Waals surface area contributed by atoms with Gasteiger partial charge in [0, 0.05) is 0 Å². The Morgan fingerprint density at radius 3 is 2.64 bits per heavy atom. The molecule has 0 aliphatic heterocycles. The summed E-state index contributed by atoms with van der Waals surface area (Å²) in [4.78, 5) is 0. The van der Waals surface area contributed by atoms with Crippen molar-refractivity contribution in [2.75, 3.05) is 6.54 Å². The topological polar surface area (TPSA) is 26.0 Å². The van der Waals surface area contributed by atoms with Gasteiger partial charge >= 0.3 is 0 Å². The van der Waals surface area contributed by atoms with Gasteiger partial charge in [0.15, 0.2) is 0 Å². The maximum Gasteiger partial charge on any atom is -0.00203 e. The first kappa shape index (κ1) is 12.0. The summed E-state index contributed by atoms with van der Waals surface area (Å²) in [6.07, 6.45) is 8.20. The third-order valence-electron chi connectivity index (χ3n) is 3.94. The van der Waals surface area contributed by atoms with Crippen LogP contribution in [0.2, 0.25) is 0 Å². The van der Waals surface area contributed by atoms with Gasteiger partial charge in [-0.3, -0.25) is 0 Å². The molecule has 0 radical (unpaired) electrons. The summed E-state index contributed by atoms with van der Waals surface area (Å²) in [7, 11) is 0. The van der Waals surface area contributed by atoms with Crippen LogP contribution in [0.15, 0.2) is 0 Å². The molecule has 0 bridgehead atoms. The molecule has 14 heavy (non-hydrogen) atoms. The van der Waals surface area contributed by atoms with E-state index in [0.717, 1.165) is 18.4 Å². The molecular weight excluding hydrogens is 170 g/mol. The number of rotatable bonds is 5. The molecule has 0 saturated heterocycles. The summed E-state index contributed by atoms with van der Waals surface area (Å²) in [5.74, 6) is 1.78. The van der Waals surface area contributed by atoms with Crippen LogP contribution in [0.3, 0.4) is 0 Å².